The summed E-state index contributed by atoms with van der Waals surface area (Å²) in [5, 5.41) is 3.02. The van der Waals surface area contributed by atoms with Crippen molar-refractivity contribution in [3.8, 4) is 0 Å². The largest absolute Gasteiger partial charge is 0.433 e. The third-order valence-electron chi connectivity index (χ3n) is 3.95. The van der Waals surface area contributed by atoms with Crippen molar-refractivity contribution in [2.75, 3.05) is 19.6 Å². The lowest BCUT2D eigenvalue weighted by Crippen LogP contribution is -2.30. The standard InChI is InChI=1S/C14H15ClF3N5O/c1-8-6-10(14(16,17)18)21-12(15)11(8)13(24)23-5-3-9(7-23)2-4-20-22-19/h6,9H,2-5,7H2,1H3/t9-/m1/s1. The van der Waals surface area contributed by atoms with E-state index in [4.69, 9.17) is 17.1 Å². The average molecular weight is 362 g/mol. The van der Waals surface area contributed by atoms with E-state index >= 15 is 0 Å². The molecule has 0 spiro atoms. The van der Waals surface area contributed by atoms with Crippen LogP contribution < -0.4 is 0 Å². The fourth-order valence-corrected chi connectivity index (χ4v) is 3.05. The van der Waals surface area contributed by atoms with Crippen molar-refractivity contribution in [1.29, 1.82) is 0 Å². The minimum atomic E-state index is -4.62. The van der Waals surface area contributed by atoms with Crippen LogP contribution in [0, 0.1) is 12.8 Å². The third kappa shape index (κ3) is 4.10. The van der Waals surface area contributed by atoms with E-state index < -0.39 is 22.9 Å². The Balaban J connectivity index is 2.15. The molecule has 2 heterocycles. The van der Waals surface area contributed by atoms with Crippen molar-refractivity contribution >= 4 is 17.5 Å². The van der Waals surface area contributed by atoms with Gasteiger partial charge >= 0.3 is 6.18 Å². The van der Waals surface area contributed by atoms with Crippen LogP contribution in [0.3, 0.4) is 0 Å². The Morgan fingerprint density at radius 2 is 2.29 bits per heavy atom. The van der Waals surface area contributed by atoms with Crippen molar-refractivity contribution in [2.45, 2.75) is 25.9 Å². The van der Waals surface area contributed by atoms with Gasteiger partial charge in [0.05, 0.1) is 5.56 Å². The van der Waals surface area contributed by atoms with Gasteiger partial charge in [-0.1, -0.05) is 16.7 Å². The molecule has 130 valence electrons. The van der Waals surface area contributed by atoms with Gasteiger partial charge in [0.1, 0.15) is 10.8 Å². The number of nitrogens with zero attached hydrogens (tertiary/aromatic N) is 5. The normalized spacial score (nSPS) is 17.7. The number of amides is 1. The van der Waals surface area contributed by atoms with Gasteiger partial charge in [-0.25, -0.2) is 4.98 Å². The lowest BCUT2D eigenvalue weighted by atomic mass is 10.1. The molecule has 6 nitrogen and oxygen atoms in total. The number of pyridine rings is 1. The summed E-state index contributed by atoms with van der Waals surface area (Å²) in [5.74, 6) is -0.231. The average Bonchev–Trinajstić information content (AvgIpc) is 2.94. The summed E-state index contributed by atoms with van der Waals surface area (Å²) in [6.45, 7) is 2.70. The van der Waals surface area contributed by atoms with Crippen LogP contribution in [0.1, 0.15) is 34.5 Å². The number of carbonyl (C=O) groups is 1. The van der Waals surface area contributed by atoms with E-state index in [0.717, 1.165) is 12.5 Å². The van der Waals surface area contributed by atoms with Crippen molar-refractivity contribution < 1.29 is 18.0 Å². The molecule has 0 aromatic carbocycles. The van der Waals surface area contributed by atoms with Crippen LogP contribution in [0.2, 0.25) is 5.15 Å². The van der Waals surface area contributed by atoms with Crippen molar-refractivity contribution in [3.05, 3.63) is 38.5 Å². The number of hydrogen-bond acceptors (Lipinski definition) is 3. The molecule has 1 aromatic rings. The molecule has 1 aliphatic heterocycles. The number of rotatable bonds is 4. The first-order chi connectivity index (χ1) is 11.2. The van der Waals surface area contributed by atoms with Crippen LogP contribution >= 0.6 is 11.6 Å². The van der Waals surface area contributed by atoms with Crippen molar-refractivity contribution in [1.82, 2.24) is 9.88 Å². The minimum Gasteiger partial charge on any atom is -0.338 e. The number of alkyl halides is 3. The molecule has 1 aliphatic rings. The Hall–Kier alpha value is -1.99. The van der Waals surface area contributed by atoms with E-state index in [9.17, 15) is 18.0 Å². The fourth-order valence-electron chi connectivity index (χ4n) is 2.73. The van der Waals surface area contributed by atoms with E-state index in [1.165, 1.54) is 6.92 Å². The van der Waals surface area contributed by atoms with E-state index in [2.05, 4.69) is 15.0 Å². The van der Waals surface area contributed by atoms with Crippen LogP contribution in [0.25, 0.3) is 10.4 Å². The predicted molar refractivity (Wildman–Crippen MR) is 81.6 cm³/mol. The van der Waals surface area contributed by atoms with Crippen molar-refractivity contribution in [3.63, 3.8) is 0 Å². The quantitative estimate of drug-likeness (QED) is 0.348. The van der Waals surface area contributed by atoms with Gasteiger partial charge in [0.2, 0.25) is 0 Å². The van der Waals surface area contributed by atoms with Crippen LogP contribution in [0.5, 0.6) is 0 Å². The summed E-state index contributed by atoms with van der Waals surface area (Å²) < 4.78 is 38.2. The van der Waals surface area contributed by atoms with Gasteiger partial charge in [-0.2, -0.15) is 13.2 Å². The summed E-state index contributed by atoms with van der Waals surface area (Å²) in [6, 6.07) is 0.828. The zero-order chi connectivity index (χ0) is 17.9. The number of azide groups is 1. The van der Waals surface area contributed by atoms with Gasteiger partial charge in [-0.3, -0.25) is 4.79 Å². The van der Waals surface area contributed by atoms with Gasteiger partial charge in [0.15, 0.2) is 0 Å². The summed E-state index contributed by atoms with van der Waals surface area (Å²) in [7, 11) is 0. The Bertz CT molecular complexity index is 664. The van der Waals surface area contributed by atoms with E-state index in [-0.39, 0.29) is 17.0 Å². The van der Waals surface area contributed by atoms with Crippen LogP contribution in [0.15, 0.2) is 11.2 Å². The number of halogens is 4. The summed E-state index contributed by atoms with van der Waals surface area (Å²) in [4.78, 5) is 20.1. The molecule has 0 unspecified atom stereocenters. The number of aromatic nitrogens is 1. The van der Waals surface area contributed by atoms with Gasteiger partial charge in [0.25, 0.3) is 5.91 Å². The Labute approximate surface area is 141 Å². The number of carbonyl (C=O) groups excluding carboxylic acids is 1. The highest BCUT2D eigenvalue weighted by atomic mass is 35.5. The van der Waals surface area contributed by atoms with Gasteiger partial charge in [0, 0.05) is 24.5 Å². The highest BCUT2D eigenvalue weighted by molar-refractivity contribution is 6.32. The fraction of sp³-hybridized carbons (Fsp3) is 0.571. The Kier molecular flexibility index (Phi) is 5.56. The maximum atomic E-state index is 12.7. The van der Waals surface area contributed by atoms with E-state index in [1.807, 2.05) is 0 Å². The second-order valence-corrected chi connectivity index (χ2v) is 5.99. The van der Waals surface area contributed by atoms with Crippen molar-refractivity contribution in [2.24, 2.45) is 11.0 Å². The van der Waals surface area contributed by atoms with E-state index in [0.29, 0.717) is 26.1 Å². The second kappa shape index (κ2) is 7.27. The number of likely N-dealkylation sites (tertiary alicyclic amines) is 1. The first-order valence-corrected chi connectivity index (χ1v) is 7.66. The molecule has 10 heteroatoms. The zero-order valence-corrected chi connectivity index (χ0v) is 13.6. The smallest absolute Gasteiger partial charge is 0.338 e. The second-order valence-electron chi connectivity index (χ2n) is 5.64. The molecule has 1 saturated heterocycles. The van der Waals surface area contributed by atoms with E-state index in [1.54, 1.807) is 4.90 Å². The molecule has 0 bridgehead atoms. The molecule has 0 radical (unpaired) electrons. The number of aryl methyl sites for hydroxylation is 1. The molecular formula is C14H15ClF3N5O. The first-order valence-electron chi connectivity index (χ1n) is 7.28. The molecule has 1 atom stereocenters. The molecule has 1 aromatic heterocycles. The minimum absolute atomic E-state index is 0.000336. The number of hydrogen-bond donors (Lipinski definition) is 0. The molecule has 0 saturated carbocycles. The molecule has 1 amide bonds. The third-order valence-corrected chi connectivity index (χ3v) is 4.22. The molecule has 24 heavy (non-hydrogen) atoms. The summed E-state index contributed by atoms with van der Waals surface area (Å²) in [6.07, 6.45) is -3.21. The Morgan fingerprint density at radius 3 is 2.88 bits per heavy atom. The molecule has 0 aliphatic carbocycles. The molecular weight excluding hydrogens is 347 g/mol. The van der Waals surface area contributed by atoms with Gasteiger partial charge in [-0.15, -0.1) is 0 Å². The first kappa shape index (κ1) is 18.4. The zero-order valence-electron chi connectivity index (χ0n) is 12.8. The monoisotopic (exact) mass is 361 g/mol. The summed E-state index contributed by atoms with van der Waals surface area (Å²) >= 11 is 5.84. The Morgan fingerprint density at radius 1 is 1.58 bits per heavy atom. The lowest BCUT2D eigenvalue weighted by molar-refractivity contribution is -0.141. The topological polar surface area (TPSA) is 82.0 Å². The molecule has 0 N–H and O–H groups in total. The maximum absolute atomic E-state index is 12.7. The molecule has 2 rings (SSSR count). The summed E-state index contributed by atoms with van der Waals surface area (Å²) in [5.41, 5.74) is 7.29. The SMILES string of the molecule is Cc1cc(C(F)(F)F)nc(Cl)c1C(=O)N1CC[C@@H](CCN=[N+]=[N-])C1. The van der Waals surface area contributed by atoms with Gasteiger partial charge < -0.3 is 4.90 Å². The van der Waals surface area contributed by atoms with Crippen LogP contribution in [-0.4, -0.2) is 35.4 Å². The van der Waals surface area contributed by atoms with Crippen LogP contribution in [-0.2, 0) is 6.18 Å². The maximum Gasteiger partial charge on any atom is 0.433 e. The van der Waals surface area contributed by atoms with Gasteiger partial charge in [-0.05, 0) is 42.8 Å². The highest BCUT2D eigenvalue weighted by Crippen LogP contribution is 2.32. The predicted octanol–water partition coefficient (Wildman–Crippen LogP) is 4.22. The lowest BCUT2D eigenvalue weighted by Gasteiger charge is -2.19. The molecule has 1 fully saturated rings. The van der Waals surface area contributed by atoms with Crippen LogP contribution in [0.4, 0.5) is 13.2 Å². The highest BCUT2D eigenvalue weighted by Gasteiger charge is 2.35.